The number of halogens is 17. The molecule has 0 amide bonds. The van der Waals surface area contributed by atoms with E-state index in [1.54, 1.807) is 6.92 Å². The fraction of sp³-hybridized carbons (Fsp3) is 0.667. The number of carbonyl (C=O) groups excluding carboxylic acids is 1. The Morgan fingerprint density at radius 3 is 1.55 bits per heavy atom. The van der Waals surface area contributed by atoms with E-state index in [9.17, 15) is 79.4 Å². The highest BCUT2D eigenvalue weighted by Gasteiger charge is 2.95. The van der Waals surface area contributed by atoms with Crippen molar-refractivity contribution in [2.24, 2.45) is 17.8 Å². The number of carbonyl (C=O) groups is 1. The first-order valence-corrected chi connectivity index (χ1v) is 15.7. The van der Waals surface area contributed by atoms with Crippen molar-refractivity contribution in [1.82, 2.24) is 0 Å². The van der Waals surface area contributed by atoms with Gasteiger partial charge in [0.25, 0.3) is 0 Å². The Morgan fingerprint density at radius 2 is 1.06 bits per heavy atom. The highest BCUT2D eigenvalue weighted by molar-refractivity contribution is 5.53. The maximum absolute atomic E-state index is 14.1. The molecule has 0 saturated carbocycles. The van der Waals surface area contributed by atoms with Crippen molar-refractivity contribution >= 4 is 6.29 Å². The zero-order valence-electron chi connectivity index (χ0n) is 28.4. The van der Waals surface area contributed by atoms with Crippen LogP contribution >= 0.6 is 0 Å². The molecule has 20 heteroatoms. The summed E-state index contributed by atoms with van der Waals surface area (Å²) in [5.41, 5.74) is 0.563. The van der Waals surface area contributed by atoms with Crippen molar-refractivity contribution in [2.45, 2.75) is 114 Å². The summed E-state index contributed by atoms with van der Waals surface area (Å²) in [4.78, 5) is 10.7. The van der Waals surface area contributed by atoms with Crippen LogP contribution in [0.5, 0.6) is 5.75 Å². The number of alkyl halides is 17. The second-order valence-corrected chi connectivity index (χ2v) is 12.5. The van der Waals surface area contributed by atoms with Crippen molar-refractivity contribution in [2.75, 3.05) is 6.61 Å². The minimum atomic E-state index is -8.65. The standard InChI is InChI=1S/C33H37F17O3/c1-20(8-5-10-21(2)18-51)9-6-11-22(3)23(4)53-19-24-12-14-25(15-13-24)52-17-7-16-26(34,35)27(36,37)28(38,39)29(40,41)30(42,43)31(44,45)32(46,47)33(48,49)50/h5-6,8,11-15,18,20-23H,7,9-10,16-17,19H2,1-4H3/b8-5+,11-6+/t20-,21+,22-,23-/m1/s1. The molecule has 0 fully saturated rings. The molecule has 1 aromatic rings. The molecule has 0 aromatic heterocycles. The van der Waals surface area contributed by atoms with Crippen LogP contribution < -0.4 is 4.74 Å². The fourth-order valence-electron chi connectivity index (χ4n) is 4.22. The van der Waals surface area contributed by atoms with Crippen LogP contribution in [0.3, 0.4) is 0 Å². The van der Waals surface area contributed by atoms with Gasteiger partial charge in [0.05, 0.1) is 19.3 Å². The van der Waals surface area contributed by atoms with E-state index in [2.05, 4.69) is 0 Å². The van der Waals surface area contributed by atoms with Crippen LogP contribution in [0.15, 0.2) is 48.6 Å². The van der Waals surface area contributed by atoms with Gasteiger partial charge in [0.1, 0.15) is 12.0 Å². The van der Waals surface area contributed by atoms with Gasteiger partial charge in [0.2, 0.25) is 0 Å². The monoisotopic (exact) mass is 804 g/mol. The molecule has 0 aliphatic carbocycles. The lowest BCUT2D eigenvalue weighted by Gasteiger charge is -2.42. The molecule has 1 rings (SSSR count). The average Bonchev–Trinajstić information content (AvgIpc) is 3.04. The van der Waals surface area contributed by atoms with Gasteiger partial charge in [-0.05, 0) is 55.7 Å². The van der Waals surface area contributed by atoms with Gasteiger partial charge in [-0.15, -0.1) is 0 Å². The minimum Gasteiger partial charge on any atom is -0.494 e. The summed E-state index contributed by atoms with van der Waals surface area (Å²) >= 11 is 0. The third-order valence-electron chi connectivity index (χ3n) is 8.02. The van der Waals surface area contributed by atoms with Gasteiger partial charge < -0.3 is 14.3 Å². The molecule has 4 atom stereocenters. The molecule has 0 bridgehead atoms. The summed E-state index contributed by atoms with van der Waals surface area (Å²) < 4.78 is 239. The molecule has 306 valence electrons. The van der Waals surface area contributed by atoms with Crippen LogP contribution in [0.4, 0.5) is 74.6 Å². The zero-order chi connectivity index (χ0) is 41.5. The van der Waals surface area contributed by atoms with Crippen LogP contribution in [0.1, 0.15) is 58.9 Å². The molecule has 0 aliphatic heterocycles. The van der Waals surface area contributed by atoms with Crippen molar-refractivity contribution in [1.29, 1.82) is 0 Å². The smallest absolute Gasteiger partial charge is 0.460 e. The Balaban J connectivity index is 2.79. The molecule has 0 unspecified atom stereocenters. The molecule has 0 N–H and O–H groups in total. The normalized spacial score (nSPS) is 16.9. The molecular weight excluding hydrogens is 767 g/mol. The lowest BCUT2D eigenvalue weighted by Crippen LogP contribution is -2.74. The van der Waals surface area contributed by atoms with Crippen LogP contribution in [-0.2, 0) is 16.1 Å². The van der Waals surface area contributed by atoms with E-state index in [0.717, 1.165) is 12.7 Å². The molecular formula is C33H37F17O3. The van der Waals surface area contributed by atoms with E-state index < -0.39 is 67.1 Å². The van der Waals surface area contributed by atoms with Gasteiger partial charge in [-0.2, -0.15) is 74.6 Å². The van der Waals surface area contributed by atoms with Crippen LogP contribution in [0.25, 0.3) is 0 Å². The Kier molecular flexibility index (Phi) is 15.9. The van der Waals surface area contributed by atoms with Crippen LogP contribution in [-0.4, -0.2) is 66.6 Å². The van der Waals surface area contributed by atoms with E-state index in [4.69, 9.17) is 9.47 Å². The second-order valence-electron chi connectivity index (χ2n) is 12.5. The highest BCUT2D eigenvalue weighted by atomic mass is 19.4. The Labute approximate surface area is 293 Å². The van der Waals surface area contributed by atoms with Gasteiger partial charge in [0.15, 0.2) is 0 Å². The molecule has 0 aliphatic rings. The lowest BCUT2D eigenvalue weighted by atomic mass is 9.88. The molecule has 53 heavy (non-hydrogen) atoms. The Bertz CT molecular complexity index is 1360. The predicted molar refractivity (Wildman–Crippen MR) is 157 cm³/mol. The zero-order valence-corrected chi connectivity index (χ0v) is 28.4. The number of hydrogen-bond acceptors (Lipinski definition) is 3. The summed E-state index contributed by atoms with van der Waals surface area (Å²) in [5, 5.41) is 0. The van der Waals surface area contributed by atoms with Crippen molar-refractivity contribution in [3.05, 3.63) is 54.1 Å². The molecule has 1 aromatic carbocycles. The first kappa shape index (κ1) is 48.0. The summed E-state index contributed by atoms with van der Waals surface area (Å²) in [5.74, 6) is -56.4. The fourth-order valence-corrected chi connectivity index (χ4v) is 4.22. The van der Waals surface area contributed by atoms with Crippen molar-refractivity contribution in [3.8, 4) is 5.75 Å². The summed E-state index contributed by atoms with van der Waals surface area (Å²) in [7, 11) is 0. The first-order chi connectivity index (χ1) is 23.9. The van der Waals surface area contributed by atoms with Gasteiger partial charge >= 0.3 is 47.6 Å². The van der Waals surface area contributed by atoms with E-state index >= 15 is 0 Å². The van der Waals surface area contributed by atoms with Gasteiger partial charge in [0, 0.05) is 12.3 Å². The third-order valence-corrected chi connectivity index (χ3v) is 8.02. The minimum absolute atomic E-state index is 0.0166. The number of ether oxygens (including phenoxy) is 2. The maximum atomic E-state index is 14.1. The van der Waals surface area contributed by atoms with Crippen molar-refractivity contribution < 1.29 is 88.9 Å². The maximum Gasteiger partial charge on any atom is 0.460 e. The number of rotatable bonds is 22. The summed E-state index contributed by atoms with van der Waals surface area (Å²) in [6.45, 7) is 6.58. The molecule has 0 radical (unpaired) electrons. The summed E-state index contributed by atoms with van der Waals surface area (Å²) in [6, 6.07) is 5.31. The number of aldehydes is 1. The highest BCUT2D eigenvalue weighted by Crippen LogP contribution is 2.64. The van der Waals surface area contributed by atoms with Gasteiger partial charge in [-0.1, -0.05) is 57.2 Å². The SMILES string of the molecule is C[C@H](C=O)C/C=C/[C@@H](C)C/C=C/[C@@H](C)[C@@H](C)OCc1ccc(OCCCC(F)(F)C(F)(F)C(F)(F)C(F)(F)C(F)(F)C(F)(F)C(F)(F)C(F)(F)F)cc1. The van der Waals surface area contributed by atoms with E-state index in [1.165, 1.54) is 24.3 Å². The topological polar surface area (TPSA) is 35.5 Å². The number of benzene rings is 1. The van der Waals surface area contributed by atoms with Crippen LogP contribution in [0, 0.1) is 17.8 Å². The largest absolute Gasteiger partial charge is 0.494 e. The number of hydrogen-bond donors (Lipinski definition) is 0. The Hall–Kier alpha value is -3.06. The summed E-state index contributed by atoms with van der Waals surface area (Å²) in [6.07, 6.45) is -1.87. The van der Waals surface area contributed by atoms with Gasteiger partial charge in [-0.3, -0.25) is 0 Å². The van der Waals surface area contributed by atoms with E-state index in [-0.39, 0.29) is 36.2 Å². The lowest BCUT2D eigenvalue weighted by molar-refractivity contribution is -0.461. The molecule has 0 saturated heterocycles. The van der Waals surface area contributed by atoms with E-state index in [1.807, 2.05) is 45.1 Å². The van der Waals surface area contributed by atoms with Gasteiger partial charge in [-0.25, -0.2) is 0 Å². The Morgan fingerprint density at radius 1 is 0.604 bits per heavy atom. The predicted octanol–water partition coefficient (Wildman–Crippen LogP) is 11.8. The third kappa shape index (κ3) is 10.6. The average molecular weight is 805 g/mol. The molecule has 3 nitrogen and oxygen atoms in total. The quantitative estimate of drug-likeness (QED) is 0.0507. The molecule has 0 heterocycles. The second kappa shape index (κ2) is 17.6. The first-order valence-electron chi connectivity index (χ1n) is 15.7. The molecule has 0 spiro atoms. The van der Waals surface area contributed by atoms with Crippen LogP contribution in [0.2, 0.25) is 0 Å². The van der Waals surface area contributed by atoms with Crippen molar-refractivity contribution in [3.63, 3.8) is 0 Å². The van der Waals surface area contributed by atoms with E-state index in [0.29, 0.717) is 12.0 Å². The number of allylic oxidation sites excluding steroid dienone is 3.